The molecule has 0 atom stereocenters. The first-order valence-corrected chi connectivity index (χ1v) is 4.61. The highest BCUT2D eigenvalue weighted by Crippen LogP contribution is 1.97. The minimum atomic E-state index is -4.16. The molecule has 0 fully saturated rings. The van der Waals surface area contributed by atoms with Crippen LogP contribution in [0.4, 0.5) is 0 Å². The summed E-state index contributed by atoms with van der Waals surface area (Å²) in [6.07, 6.45) is 0. The second-order valence-corrected chi connectivity index (χ2v) is 3.76. The van der Waals surface area contributed by atoms with E-state index in [2.05, 4.69) is 13.2 Å². The fourth-order valence-corrected chi connectivity index (χ4v) is 1.55. The SMILES string of the molecule is C=c1cccc(S(=O)(=O)O)c1=C. The smallest absolute Gasteiger partial charge is 0.282 e. The lowest BCUT2D eigenvalue weighted by atomic mass is 10.3. The number of rotatable bonds is 1. The van der Waals surface area contributed by atoms with Crippen LogP contribution in [0.25, 0.3) is 13.2 Å². The summed E-state index contributed by atoms with van der Waals surface area (Å²) in [5.41, 5.74) is 0. The maximum atomic E-state index is 10.7. The zero-order valence-electron chi connectivity index (χ0n) is 6.32. The average molecular weight is 184 g/mol. The lowest BCUT2D eigenvalue weighted by Crippen LogP contribution is -2.27. The van der Waals surface area contributed by atoms with Gasteiger partial charge in [0.25, 0.3) is 10.1 Å². The maximum absolute atomic E-state index is 10.7. The number of benzene rings is 1. The molecular weight excluding hydrogens is 176 g/mol. The molecule has 64 valence electrons. The molecule has 1 aromatic carbocycles. The normalized spacial score (nSPS) is 11.4. The van der Waals surface area contributed by atoms with Gasteiger partial charge in [0.05, 0.1) is 0 Å². The Hall–Kier alpha value is -1.13. The lowest BCUT2D eigenvalue weighted by Gasteiger charge is -1.96. The molecule has 0 spiro atoms. The molecule has 0 aliphatic heterocycles. The molecular formula is C8H8O3S. The highest BCUT2D eigenvalue weighted by atomic mass is 32.2. The second kappa shape index (κ2) is 2.73. The molecule has 4 heteroatoms. The summed E-state index contributed by atoms with van der Waals surface area (Å²) in [5.74, 6) is 0. The van der Waals surface area contributed by atoms with Crippen molar-refractivity contribution >= 4 is 23.3 Å². The summed E-state index contributed by atoms with van der Waals surface area (Å²) in [4.78, 5) is -0.185. The van der Waals surface area contributed by atoms with Crippen molar-refractivity contribution in [3.63, 3.8) is 0 Å². The largest absolute Gasteiger partial charge is 0.295 e. The van der Waals surface area contributed by atoms with Crippen molar-refractivity contribution in [1.82, 2.24) is 0 Å². The second-order valence-electron chi connectivity index (χ2n) is 2.37. The molecule has 0 saturated heterocycles. The Kier molecular flexibility index (Phi) is 2.04. The third kappa shape index (κ3) is 1.54. The summed E-state index contributed by atoms with van der Waals surface area (Å²) < 4.78 is 30.1. The Labute approximate surface area is 70.4 Å². The molecule has 12 heavy (non-hydrogen) atoms. The van der Waals surface area contributed by atoms with Gasteiger partial charge in [0.1, 0.15) is 4.90 Å². The Bertz CT molecular complexity index is 488. The fourth-order valence-electron chi connectivity index (χ4n) is 0.853. The molecule has 0 aliphatic carbocycles. The van der Waals surface area contributed by atoms with Gasteiger partial charge in [0.15, 0.2) is 0 Å². The Morgan fingerprint density at radius 2 is 1.83 bits per heavy atom. The van der Waals surface area contributed by atoms with Crippen LogP contribution in [0.1, 0.15) is 0 Å². The van der Waals surface area contributed by atoms with Crippen molar-refractivity contribution in [1.29, 1.82) is 0 Å². The standard InChI is InChI=1S/C8H8O3S/c1-6-4-3-5-8(7(6)2)12(9,10)11/h3-5H,1-2H2,(H,9,10,11). The van der Waals surface area contributed by atoms with Gasteiger partial charge in [0, 0.05) is 0 Å². The van der Waals surface area contributed by atoms with Crippen molar-refractivity contribution < 1.29 is 13.0 Å². The van der Waals surface area contributed by atoms with Crippen LogP contribution in [-0.4, -0.2) is 13.0 Å². The topological polar surface area (TPSA) is 54.4 Å². The van der Waals surface area contributed by atoms with Crippen molar-refractivity contribution in [2.75, 3.05) is 0 Å². The molecule has 1 aromatic rings. The zero-order chi connectivity index (χ0) is 9.35. The number of hydrogen-bond donors (Lipinski definition) is 1. The van der Waals surface area contributed by atoms with Crippen LogP contribution in [0.5, 0.6) is 0 Å². The summed E-state index contributed by atoms with van der Waals surface area (Å²) in [6, 6.07) is 4.41. The lowest BCUT2D eigenvalue weighted by molar-refractivity contribution is 0.482. The highest BCUT2D eigenvalue weighted by Gasteiger charge is 2.09. The van der Waals surface area contributed by atoms with E-state index in [0.717, 1.165) is 0 Å². The Morgan fingerprint density at radius 3 is 2.25 bits per heavy atom. The van der Waals surface area contributed by atoms with Gasteiger partial charge in [-0.05, 0) is 16.5 Å². The van der Waals surface area contributed by atoms with Gasteiger partial charge in [-0.25, -0.2) is 0 Å². The van der Waals surface area contributed by atoms with Crippen LogP contribution in [0.2, 0.25) is 0 Å². The first-order chi connectivity index (χ1) is 5.43. The molecule has 0 aromatic heterocycles. The summed E-state index contributed by atoms with van der Waals surface area (Å²) in [7, 11) is -4.16. The van der Waals surface area contributed by atoms with Gasteiger partial charge in [-0.15, -0.1) is 0 Å². The molecule has 0 radical (unpaired) electrons. The minimum absolute atomic E-state index is 0.185. The molecule has 0 aliphatic rings. The highest BCUT2D eigenvalue weighted by molar-refractivity contribution is 7.85. The van der Waals surface area contributed by atoms with E-state index in [-0.39, 0.29) is 10.1 Å². The predicted octanol–water partition coefficient (Wildman–Crippen LogP) is -0.246. The van der Waals surface area contributed by atoms with Gasteiger partial charge in [-0.1, -0.05) is 25.3 Å². The van der Waals surface area contributed by atoms with E-state index >= 15 is 0 Å². The molecule has 0 saturated carbocycles. The van der Waals surface area contributed by atoms with Gasteiger partial charge in [-0.3, -0.25) is 4.55 Å². The van der Waals surface area contributed by atoms with E-state index < -0.39 is 10.1 Å². The fraction of sp³-hybridized carbons (Fsp3) is 0. The van der Waals surface area contributed by atoms with Crippen LogP contribution >= 0.6 is 0 Å². The van der Waals surface area contributed by atoms with Crippen LogP contribution in [-0.2, 0) is 10.1 Å². The monoisotopic (exact) mass is 184 g/mol. The first-order valence-electron chi connectivity index (χ1n) is 3.17. The first kappa shape index (κ1) is 8.96. The van der Waals surface area contributed by atoms with Crippen LogP contribution in [0, 0.1) is 0 Å². The molecule has 0 bridgehead atoms. The van der Waals surface area contributed by atoms with Gasteiger partial charge in [0.2, 0.25) is 0 Å². The molecule has 3 nitrogen and oxygen atoms in total. The Balaban J connectivity index is 3.71. The van der Waals surface area contributed by atoms with E-state index in [1.807, 2.05) is 0 Å². The van der Waals surface area contributed by atoms with Crippen LogP contribution in [0.3, 0.4) is 0 Å². The van der Waals surface area contributed by atoms with E-state index in [9.17, 15) is 8.42 Å². The van der Waals surface area contributed by atoms with E-state index in [1.54, 1.807) is 6.07 Å². The van der Waals surface area contributed by atoms with Crippen molar-refractivity contribution in [2.24, 2.45) is 0 Å². The van der Waals surface area contributed by atoms with E-state index in [0.29, 0.717) is 5.22 Å². The number of hydrogen-bond acceptors (Lipinski definition) is 2. The third-order valence-electron chi connectivity index (χ3n) is 1.51. The summed E-state index contributed by atoms with van der Waals surface area (Å²) in [6.45, 7) is 7.04. The molecule has 0 unspecified atom stereocenters. The van der Waals surface area contributed by atoms with Crippen LogP contribution < -0.4 is 10.4 Å². The molecule has 0 heterocycles. The van der Waals surface area contributed by atoms with E-state index in [4.69, 9.17) is 4.55 Å². The summed E-state index contributed by atoms with van der Waals surface area (Å²) >= 11 is 0. The van der Waals surface area contributed by atoms with Crippen molar-refractivity contribution in [2.45, 2.75) is 4.90 Å². The van der Waals surface area contributed by atoms with Gasteiger partial charge in [-0.2, -0.15) is 8.42 Å². The predicted molar refractivity (Wildman–Crippen MR) is 46.6 cm³/mol. The van der Waals surface area contributed by atoms with Gasteiger partial charge < -0.3 is 0 Å². The molecule has 1 rings (SSSR count). The summed E-state index contributed by atoms with van der Waals surface area (Å²) in [5, 5.41) is 0.727. The molecule has 0 amide bonds. The zero-order valence-corrected chi connectivity index (χ0v) is 7.13. The minimum Gasteiger partial charge on any atom is -0.282 e. The van der Waals surface area contributed by atoms with Gasteiger partial charge >= 0.3 is 0 Å². The maximum Gasteiger partial charge on any atom is 0.295 e. The van der Waals surface area contributed by atoms with Crippen molar-refractivity contribution in [3.05, 3.63) is 28.6 Å². The third-order valence-corrected chi connectivity index (χ3v) is 2.45. The van der Waals surface area contributed by atoms with E-state index in [1.165, 1.54) is 12.1 Å². The van der Waals surface area contributed by atoms with Crippen molar-refractivity contribution in [3.8, 4) is 0 Å². The van der Waals surface area contributed by atoms with Crippen LogP contribution in [0.15, 0.2) is 23.1 Å². The Morgan fingerprint density at radius 1 is 1.25 bits per heavy atom. The molecule has 1 N–H and O–H groups in total. The quantitative estimate of drug-likeness (QED) is 0.612. The average Bonchev–Trinajstić information content (AvgIpc) is 1.92.